The molecule has 2 rings (SSSR count). The van der Waals surface area contributed by atoms with Gasteiger partial charge in [0.15, 0.2) is 5.65 Å². The lowest BCUT2D eigenvalue weighted by Gasteiger charge is -2.01. The van der Waals surface area contributed by atoms with Crippen LogP contribution in [-0.4, -0.2) is 38.3 Å². The first-order valence-corrected chi connectivity index (χ1v) is 4.48. The first kappa shape index (κ1) is 9.66. The molecule has 0 spiro atoms. The molecule has 15 heavy (non-hydrogen) atoms. The van der Waals surface area contributed by atoms with E-state index in [1.54, 1.807) is 0 Å². The van der Waals surface area contributed by atoms with Crippen molar-refractivity contribution in [2.24, 2.45) is 0 Å². The third-order valence-electron chi connectivity index (χ3n) is 1.78. The summed E-state index contributed by atoms with van der Waals surface area (Å²) in [6.45, 7) is 0.403. The molecule has 0 saturated carbocycles. The predicted octanol–water partition coefficient (Wildman–Crippen LogP) is -0.593. The van der Waals surface area contributed by atoms with Crippen LogP contribution in [0.2, 0.25) is 0 Å². The van der Waals surface area contributed by atoms with Gasteiger partial charge < -0.3 is 14.8 Å². The molecule has 0 amide bonds. The van der Waals surface area contributed by atoms with Crippen molar-refractivity contribution in [3.8, 4) is 6.01 Å². The molecular weight excluding hydrogens is 200 g/mol. The van der Waals surface area contributed by atoms with E-state index in [2.05, 4.69) is 19.9 Å². The van der Waals surface area contributed by atoms with Gasteiger partial charge in [0.2, 0.25) is 0 Å². The zero-order chi connectivity index (χ0) is 10.7. The van der Waals surface area contributed by atoms with Crippen LogP contribution in [0.15, 0.2) is 11.0 Å². The monoisotopic (exact) mass is 210 g/mol. The standard InChI is InChI=1S/C8H10N4O3/c13-2-1-3-15-8-9-4-5-6(12-8)11-7(14)10-5/h4,13H,1-3H2,(H2,9,10,11,12,14). The fraction of sp³-hybridized carbons (Fsp3) is 0.375. The number of hydrogen-bond acceptors (Lipinski definition) is 5. The fourth-order valence-electron chi connectivity index (χ4n) is 1.11. The van der Waals surface area contributed by atoms with Crippen LogP contribution in [-0.2, 0) is 0 Å². The minimum atomic E-state index is -0.327. The summed E-state index contributed by atoms with van der Waals surface area (Å²) >= 11 is 0. The van der Waals surface area contributed by atoms with Crippen LogP contribution in [0.3, 0.4) is 0 Å². The quantitative estimate of drug-likeness (QED) is 0.585. The maximum Gasteiger partial charge on any atom is 0.325 e. The van der Waals surface area contributed by atoms with Gasteiger partial charge >= 0.3 is 11.7 Å². The van der Waals surface area contributed by atoms with E-state index in [1.807, 2.05) is 0 Å². The van der Waals surface area contributed by atoms with E-state index in [1.165, 1.54) is 6.20 Å². The lowest BCUT2D eigenvalue weighted by molar-refractivity contribution is 0.224. The van der Waals surface area contributed by atoms with Crippen molar-refractivity contribution in [2.45, 2.75) is 6.42 Å². The first-order valence-electron chi connectivity index (χ1n) is 4.48. The molecular formula is C8H10N4O3. The van der Waals surface area contributed by atoms with Gasteiger partial charge in [0.1, 0.15) is 5.52 Å². The zero-order valence-corrected chi connectivity index (χ0v) is 7.86. The van der Waals surface area contributed by atoms with E-state index >= 15 is 0 Å². The Bertz CT molecular complexity index is 504. The highest BCUT2D eigenvalue weighted by Crippen LogP contribution is 2.07. The Kier molecular flexibility index (Phi) is 2.64. The summed E-state index contributed by atoms with van der Waals surface area (Å²) in [6, 6.07) is 0.186. The molecule has 0 aliphatic heterocycles. The second kappa shape index (κ2) is 4.09. The molecule has 0 saturated heterocycles. The van der Waals surface area contributed by atoms with Gasteiger partial charge in [-0.05, 0) is 0 Å². The van der Waals surface area contributed by atoms with Crippen molar-refractivity contribution in [2.75, 3.05) is 13.2 Å². The van der Waals surface area contributed by atoms with Gasteiger partial charge in [-0.25, -0.2) is 9.78 Å². The molecule has 80 valence electrons. The second-order valence-electron chi connectivity index (χ2n) is 2.92. The molecule has 2 heterocycles. The Balaban J connectivity index is 2.19. The molecule has 0 aliphatic rings. The van der Waals surface area contributed by atoms with Crippen LogP contribution in [0, 0.1) is 0 Å². The summed E-state index contributed by atoms with van der Waals surface area (Å²) in [5, 5.41) is 8.55. The number of aromatic amines is 2. The topological polar surface area (TPSA) is 104 Å². The Morgan fingerprint density at radius 3 is 3.13 bits per heavy atom. The molecule has 0 fully saturated rings. The number of nitrogens with zero attached hydrogens (tertiary/aromatic N) is 2. The molecule has 2 aromatic heterocycles. The third kappa shape index (κ3) is 2.13. The van der Waals surface area contributed by atoms with E-state index < -0.39 is 0 Å². The Hall–Kier alpha value is -1.89. The number of rotatable bonds is 4. The summed E-state index contributed by atoms with van der Waals surface area (Å²) in [6.07, 6.45) is 1.99. The number of aromatic nitrogens is 4. The van der Waals surface area contributed by atoms with E-state index in [-0.39, 0.29) is 18.3 Å². The third-order valence-corrected chi connectivity index (χ3v) is 1.78. The normalized spacial score (nSPS) is 10.7. The van der Waals surface area contributed by atoms with Crippen LogP contribution in [0.25, 0.3) is 11.2 Å². The van der Waals surface area contributed by atoms with Gasteiger partial charge in [-0.15, -0.1) is 0 Å². The Morgan fingerprint density at radius 1 is 1.47 bits per heavy atom. The van der Waals surface area contributed by atoms with Crippen molar-refractivity contribution in [1.82, 2.24) is 19.9 Å². The number of aliphatic hydroxyl groups excluding tert-OH is 1. The Morgan fingerprint density at radius 2 is 2.33 bits per heavy atom. The molecule has 7 nitrogen and oxygen atoms in total. The maximum atomic E-state index is 10.9. The summed E-state index contributed by atoms with van der Waals surface area (Å²) in [5.41, 5.74) is 0.621. The van der Waals surface area contributed by atoms with Crippen LogP contribution >= 0.6 is 0 Å². The number of hydrogen-bond donors (Lipinski definition) is 3. The first-order chi connectivity index (χ1) is 7.29. The molecule has 2 aromatic rings. The van der Waals surface area contributed by atoms with Crippen LogP contribution in [0.1, 0.15) is 6.42 Å². The highest BCUT2D eigenvalue weighted by molar-refractivity contribution is 5.68. The lowest BCUT2D eigenvalue weighted by Crippen LogP contribution is -2.02. The van der Waals surface area contributed by atoms with Crippen LogP contribution in [0.4, 0.5) is 0 Å². The maximum absolute atomic E-state index is 10.9. The predicted molar refractivity (Wildman–Crippen MR) is 51.7 cm³/mol. The van der Waals surface area contributed by atoms with E-state index in [4.69, 9.17) is 9.84 Å². The van der Waals surface area contributed by atoms with Crippen molar-refractivity contribution in [3.63, 3.8) is 0 Å². The number of fused-ring (bicyclic) bond motifs is 1. The Labute approximate surface area is 84.1 Å². The molecule has 0 unspecified atom stereocenters. The molecule has 0 radical (unpaired) electrons. The number of nitrogens with one attached hydrogen (secondary N) is 2. The summed E-state index contributed by atoms with van der Waals surface area (Å²) in [4.78, 5) is 23.8. The fourth-order valence-corrected chi connectivity index (χ4v) is 1.11. The molecule has 0 aliphatic carbocycles. The largest absolute Gasteiger partial charge is 0.463 e. The summed E-state index contributed by atoms with van der Waals surface area (Å²) in [5.74, 6) is 0. The average Bonchev–Trinajstić information content (AvgIpc) is 2.57. The summed E-state index contributed by atoms with van der Waals surface area (Å²) < 4.78 is 5.15. The highest BCUT2D eigenvalue weighted by atomic mass is 16.5. The van der Waals surface area contributed by atoms with Gasteiger partial charge in [0.05, 0.1) is 12.8 Å². The SMILES string of the molecule is O=c1[nH]c2cnc(OCCCO)nc2[nH]1. The number of imidazole rings is 1. The molecule has 3 N–H and O–H groups in total. The smallest absolute Gasteiger partial charge is 0.325 e. The number of ether oxygens (including phenoxy) is 1. The minimum Gasteiger partial charge on any atom is -0.463 e. The number of H-pyrrole nitrogens is 2. The van der Waals surface area contributed by atoms with E-state index in [0.717, 1.165) is 0 Å². The van der Waals surface area contributed by atoms with Crippen molar-refractivity contribution >= 4 is 11.2 Å². The van der Waals surface area contributed by atoms with Crippen LogP contribution in [0.5, 0.6) is 6.01 Å². The van der Waals surface area contributed by atoms with Gasteiger partial charge in [0.25, 0.3) is 0 Å². The van der Waals surface area contributed by atoms with Gasteiger partial charge in [0, 0.05) is 13.0 Å². The zero-order valence-electron chi connectivity index (χ0n) is 7.86. The molecule has 0 atom stereocenters. The van der Waals surface area contributed by atoms with Gasteiger partial charge in [-0.1, -0.05) is 0 Å². The van der Waals surface area contributed by atoms with Crippen molar-refractivity contribution < 1.29 is 9.84 Å². The molecule has 0 bridgehead atoms. The summed E-state index contributed by atoms with van der Waals surface area (Å²) in [7, 11) is 0. The highest BCUT2D eigenvalue weighted by Gasteiger charge is 2.03. The minimum absolute atomic E-state index is 0.0588. The van der Waals surface area contributed by atoms with Crippen molar-refractivity contribution in [1.29, 1.82) is 0 Å². The van der Waals surface area contributed by atoms with Crippen LogP contribution < -0.4 is 10.4 Å². The van der Waals surface area contributed by atoms with Gasteiger partial charge in [-0.3, -0.25) is 4.98 Å². The molecule has 7 heteroatoms. The van der Waals surface area contributed by atoms with Gasteiger partial charge in [-0.2, -0.15) is 4.98 Å². The van der Waals surface area contributed by atoms with E-state index in [9.17, 15) is 4.79 Å². The molecule has 0 aromatic carbocycles. The lowest BCUT2D eigenvalue weighted by atomic mass is 10.5. The number of aliphatic hydroxyl groups is 1. The van der Waals surface area contributed by atoms with E-state index in [0.29, 0.717) is 24.2 Å². The van der Waals surface area contributed by atoms with Crippen molar-refractivity contribution in [3.05, 3.63) is 16.7 Å². The average molecular weight is 210 g/mol. The second-order valence-corrected chi connectivity index (χ2v) is 2.92.